The van der Waals surface area contributed by atoms with Gasteiger partial charge in [0.25, 0.3) is 5.56 Å². The van der Waals surface area contributed by atoms with Crippen molar-refractivity contribution in [3.05, 3.63) is 39.8 Å². The highest BCUT2D eigenvalue weighted by atomic mass is 35.5. The molecule has 0 aliphatic carbocycles. The number of nitrogens with one attached hydrogen (secondary N) is 1. The minimum absolute atomic E-state index is 0.135. The van der Waals surface area contributed by atoms with Gasteiger partial charge in [0.2, 0.25) is 5.91 Å². The van der Waals surface area contributed by atoms with Gasteiger partial charge in [-0.1, -0.05) is 23.4 Å². The highest BCUT2D eigenvalue weighted by Crippen LogP contribution is 2.34. The number of amides is 1. The Labute approximate surface area is 182 Å². The van der Waals surface area contributed by atoms with Crippen molar-refractivity contribution in [1.82, 2.24) is 19.3 Å². The summed E-state index contributed by atoms with van der Waals surface area (Å²) >= 11 is 7.50. The van der Waals surface area contributed by atoms with Crippen molar-refractivity contribution in [3.63, 3.8) is 0 Å². The Bertz CT molecular complexity index is 1200. The standard InChI is InChI=1S/C20H22ClN5O3S/c1-20(2,3)26-17-13(9-22-26)18(28)25-12(10-30-19(25)24-17)8-16(27)23-14-7-11(21)5-6-15(14)29-4/h5-7,9,12H,8,10H2,1-4H3,(H,23,27). The molecule has 158 valence electrons. The molecule has 0 radical (unpaired) electrons. The Hall–Kier alpha value is -2.52. The van der Waals surface area contributed by atoms with E-state index in [4.69, 9.17) is 16.3 Å². The summed E-state index contributed by atoms with van der Waals surface area (Å²) in [6, 6.07) is 4.72. The van der Waals surface area contributed by atoms with Gasteiger partial charge in [-0.25, -0.2) is 9.67 Å². The highest BCUT2D eigenvalue weighted by molar-refractivity contribution is 7.99. The molecule has 1 atom stereocenters. The number of rotatable bonds is 4. The molecule has 8 nitrogen and oxygen atoms in total. The van der Waals surface area contributed by atoms with Crippen molar-refractivity contribution in [3.8, 4) is 5.75 Å². The molecule has 0 fully saturated rings. The minimum atomic E-state index is -0.294. The smallest absolute Gasteiger partial charge is 0.265 e. The van der Waals surface area contributed by atoms with Crippen LogP contribution in [0.4, 0.5) is 5.69 Å². The van der Waals surface area contributed by atoms with Crippen molar-refractivity contribution in [1.29, 1.82) is 0 Å². The van der Waals surface area contributed by atoms with Gasteiger partial charge in [0.15, 0.2) is 10.8 Å². The van der Waals surface area contributed by atoms with E-state index in [2.05, 4.69) is 15.4 Å². The molecule has 4 rings (SSSR count). The molecule has 3 heterocycles. The molecule has 10 heteroatoms. The van der Waals surface area contributed by atoms with Gasteiger partial charge >= 0.3 is 0 Å². The van der Waals surface area contributed by atoms with E-state index in [1.54, 1.807) is 33.6 Å². The molecule has 1 amide bonds. The van der Waals surface area contributed by atoms with E-state index in [-0.39, 0.29) is 29.5 Å². The van der Waals surface area contributed by atoms with Gasteiger partial charge in [0.1, 0.15) is 11.1 Å². The molecule has 2 aromatic heterocycles. The Kier molecular flexibility index (Phi) is 5.27. The quantitative estimate of drug-likeness (QED) is 0.613. The zero-order valence-electron chi connectivity index (χ0n) is 17.1. The summed E-state index contributed by atoms with van der Waals surface area (Å²) in [5.41, 5.74) is 0.598. The Morgan fingerprint density at radius 3 is 2.87 bits per heavy atom. The monoisotopic (exact) mass is 447 g/mol. The van der Waals surface area contributed by atoms with Crippen LogP contribution in [0.3, 0.4) is 0 Å². The van der Waals surface area contributed by atoms with Crippen LogP contribution in [0.5, 0.6) is 5.75 Å². The van der Waals surface area contributed by atoms with Crippen molar-refractivity contribution in [2.45, 2.75) is 43.9 Å². The number of ether oxygens (including phenoxy) is 1. The molecule has 1 unspecified atom stereocenters. The average molecular weight is 448 g/mol. The molecule has 1 aliphatic rings. The largest absolute Gasteiger partial charge is 0.495 e. The maximum Gasteiger partial charge on any atom is 0.265 e. The topological polar surface area (TPSA) is 91.0 Å². The number of anilines is 1. The van der Waals surface area contributed by atoms with Gasteiger partial charge in [-0.15, -0.1) is 0 Å². The first kappa shape index (κ1) is 20.7. The Morgan fingerprint density at radius 1 is 1.40 bits per heavy atom. The third-order valence-corrected chi connectivity index (χ3v) is 6.20. The number of carbonyl (C=O) groups excluding carboxylic acids is 1. The van der Waals surface area contributed by atoms with Crippen molar-refractivity contribution < 1.29 is 9.53 Å². The first-order valence-electron chi connectivity index (χ1n) is 9.46. The van der Waals surface area contributed by atoms with Crippen LogP contribution in [0.25, 0.3) is 11.0 Å². The van der Waals surface area contributed by atoms with Crippen LogP contribution < -0.4 is 15.6 Å². The highest BCUT2D eigenvalue weighted by Gasteiger charge is 2.30. The lowest BCUT2D eigenvalue weighted by Gasteiger charge is -2.20. The predicted octanol–water partition coefficient (Wildman–Crippen LogP) is 3.69. The van der Waals surface area contributed by atoms with Crippen LogP contribution in [-0.2, 0) is 10.3 Å². The van der Waals surface area contributed by atoms with E-state index in [9.17, 15) is 9.59 Å². The molecule has 1 N–H and O–H groups in total. The van der Waals surface area contributed by atoms with E-state index < -0.39 is 0 Å². The van der Waals surface area contributed by atoms with Crippen LogP contribution in [-0.4, -0.2) is 38.1 Å². The lowest BCUT2D eigenvalue weighted by atomic mass is 10.1. The molecule has 1 aromatic carbocycles. The first-order valence-corrected chi connectivity index (χ1v) is 10.8. The molecule has 0 spiro atoms. The fourth-order valence-corrected chi connectivity index (χ4v) is 4.77. The number of carbonyl (C=O) groups is 1. The summed E-state index contributed by atoms with van der Waals surface area (Å²) in [6.45, 7) is 6.03. The van der Waals surface area contributed by atoms with Gasteiger partial charge in [0, 0.05) is 17.2 Å². The Balaban J connectivity index is 1.62. The number of thioether (sulfide) groups is 1. The first-order chi connectivity index (χ1) is 14.2. The van der Waals surface area contributed by atoms with Gasteiger partial charge < -0.3 is 10.1 Å². The van der Waals surface area contributed by atoms with Gasteiger partial charge in [0.05, 0.1) is 30.6 Å². The molecule has 0 saturated heterocycles. The summed E-state index contributed by atoms with van der Waals surface area (Å²) in [6.07, 6.45) is 1.69. The summed E-state index contributed by atoms with van der Waals surface area (Å²) in [5, 5.41) is 8.75. The van der Waals surface area contributed by atoms with E-state index in [1.807, 2.05) is 20.8 Å². The van der Waals surface area contributed by atoms with E-state index in [0.717, 1.165) is 0 Å². The number of aromatic nitrogens is 4. The second-order valence-electron chi connectivity index (χ2n) is 8.10. The van der Waals surface area contributed by atoms with Gasteiger partial charge in [-0.05, 0) is 39.0 Å². The van der Waals surface area contributed by atoms with Crippen molar-refractivity contribution >= 4 is 46.0 Å². The molecular weight excluding hydrogens is 426 g/mol. The maximum absolute atomic E-state index is 13.1. The minimum Gasteiger partial charge on any atom is -0.495 e. The number of hydrogen-bond acceptors (Lipinski definition) is 6. The van der Waals surface area contributed by atoms with Crippen LogP contribution in [0, 0.1) is 0 Å². The normalized spacial score (nSPS) is 16.0. The third kappa shape index (κ3) is 3.67. The average Bonchev–Trinajstić information content (AvgIpc) is 3.27. The van der Waals surface area contributed by atoms with Crippen LogP contribution in [0.15, 0.2) is 34.3 Å². The van der Waals surface area contributed by atoms with Crippen molar-refractivity contribution in [2.75, 3.05) is 18.2 Å². The van der Waals surface area contributed by atoms with E-state index in [1.165, 1.54) is 18.9 Å². The van der Waals surface area contributed by atoms with Crippen molar-refractivity contribution in [2.24, 2.45) is 0 Å². The number of fused-ring (bicyclic) bond motifs is 2. The lowest BCUT2D eigenvalue weighted by molar-refractivity contribution is -0.116. The van der Waals surface area contributed by atoms with Gasteiger partial charge in [-0.3, -0.25) is 14.2 Å². The molecule has 1 aliphatic heterocycles. The number of benzene rings is 1. The fourth-order valence-electron chi connectivity index (χ4n) is 3.46. The lowest BCUT2D eigenvalue weighted by Crippen LogP contribution is -2.29. The zero-order chi connectivity index (χ0) is 21.6. The molecule has 30 heavy (non-hydrogen) atoms. The fraction of sp³-hybridized carbons (Fsp3) is 0.400. The van der Waals surface area contributed by atoms with Crippen LogP contribution in [0.1, 0.15) is 33.2 Å². The van der Waals surface area contributed by atoms with Gasteiger partial charge in [-0.2, -0.15) is 5.10 Å². The molecule has 0 saturated carbocycles. The predicted molar refractivity (Wildman–Crippen MR) is 118 cm³/mol. The number of methoxy groups -OCH3 is 1. The second kappa shape index (κ2) is 7.63. The number of halogens is 1. The summed E-state index contributed by atoms with van der Waals surface area (Å²) in [5.74, 6) is 0.883. The van der Waals surface area contributed by atoms with E-state index in [0.29, 0.717) is 38.4 Å². The SMILES string of the molecule is COc1ccc(Cl)cc1NC(=O)CC1CSc2nc3c(cnn3C(C)(C)C)c(=O)n21. The van der Waals surface area contributed by atoms with E-state index >= 15 is 0 Å². The summed E-state index contributed by atoms with van der Waals surface area (Å²) in [7, 11) is 1.52. The molecular formula is C20H22ClN5O3S. The van der Waals surface area contributed by atoms with Crippen LogP contribution in [0.2, 0.25) is 5.02 Å². The number of nitrogens with zero attached hydrogens (tertiary/aromatic N) is 4. The van der Waals surface area contributed by atoms with Crippen LogP contribution >= 0.6 is 23.4 Å². The second-order valence-corrected chi connectivity index (χ2v) is 9.52. The summed E-state index contributed by atoms with van der Waals surface area (Å²) < 4.78 is 8.64. The third-order valence-electron chi connectivity index (χ3n) is 4.86. The molecule has 0 bridgehead atoms. The summed E-state index contributed by atoms with van der Waals surface area (Å²) in [4.78, 5) is 30.5. The zero-order valence-corrected chi connectivity index (χ0v) is 18.7. The molecule has 3 aromatic rings. The maximum atomic E-state index is 13.1. The number of hydrogen-bond donors (Lipinski definition) is 1. The Morgan fingerprint density at radius 2 is 2.17 bits per heavy atom.